The fraction of sp³-hybridized carbons (Fsp3) is 0.579. The van der Waals surface area contributed by atoms with Gasteiger partial charge in [0, 0.05) is 5.92 Å². The number of fused-ring (bicyclic) bond motifs is 1. The maximum Gasteiger partial charge on any atom is 0.0922 e. The van der Waals surface area contributed by atoms with Crippen molar-refractivity contribution in [1.82, 2.24) is 9.97 Å². The van der Waals surface area contributed by atoms with Crippen LogP contribution in [0.15, 0.2) is 18.2 Å². The second kappa shape index (κ2) is 8.76. The van der Waals surface area contributed by atoms with Crippen LogP contribution in [0.5, 0.6) is 0 Å². The number of aryl methyl sites for hydroxylation is 2. The van der Waals surface area contributed by atoms with Gasteiger partial charge in [0.2, 0.25) is 0 Å². The van der Waals surface area contributed by atoms with E-state index in [-0.39, 0.29) is 0 Å². The molecule has 2 heteroatoms. The quantitative estimate of drug-likeness (QED) is 0.725. The summed E-state index contributed by atoms with van der Waals surface area (Å²) in [6.45, 7) is 12.4. The highest BCUT2D eigenvalue weighted by Crippen LogP contribution is 2.40. The highest BCUT2D eigenvalue weighted by atomic mass is 14.8. The predicted molar refractivity (Wildman–Crippen MR) is 93.0 cm³/mol. The molecule has 0 aliphatic heterocycles. The van der Waals surface area contributed by atoms with Gasteiger partial charge >= 0.3 is 0 Å². The van der Waals surface area contributed by atoms with Gasteiger partial charge in [-0.1, -0.05) is 53.7 Å². The summed E-state index contributed by atoms with van der Waals surface area (Å²) in [6, 6.07) is 6.35. The lowest BCUT2D eigenvalue weighted by Gasteiger charge is -2.09. The Morgan fingerprint density at radius 1 is 0.952 bits per heavy atom. The molecule has 0 unspecified atom stereocenters. The van der Waals surface area contributed by atoms with E-state index in [1.54, 1.807) is 0 Å². The molecule has 0 saturated heterocycles. The van der Waals surface area contributed by atoms with Crippen LogP contribution in [-0.4, -0.2) is 9.97 Å². The minimum Gasteiger partial charge on any atom is -0.249 e. The Bertz CT molecular complexity index is 557. The lowest BCUT2D eigenvalue weighted by atomic mass is 10.1. The minimum atomic E-state index is 0.687. The van der Waals surface area contributed by atoms with Crippen molar-refractivity contribution in [3.63, 3.8) is 0 Å². The van der Waals surface area contributed by atoms with Crippen LogP contribution in [0.4, 0.5) is 0 Å². The molecule has 2 aromatic rings. The molecule has 1 fully saturated rings. The van der Waals surface area contributed by atoms with Gasteiger partial charge in [0.05, 0.1) is 22.4 Å². The van der Waals surface area contributed by atoms with E-state index in [2.05, 4.69) is 32.0 Å². The van der Waals surface area contributed by atoms with Gasteiger partial charge in [0.25, 0.3) is 0 Å². The van der Waals surface area contributed by atoms with Gasteiger partial charge < -0.3 is 0 Å². The molecule has 1 aromatic heterocycles. The molecule has 116 valence electrons. The minimum absolute atomic E-state index is 0.687. The zero-order valence-electron chi connectivity index (χ0n) is 14.5. The largest absolute Gasteiger partial charge is 0.249 e. The topological polar surface area (TPSA) is 25.8 Å². The zero-order valence-corrected chi connectivity index (χ0v) is 14.5. The van der Waals surface area contributed by atoms with E-state index in [4.69, 9.17) is 9.97 Å². The molecule has 1 saturated carbocycles. The van der Waals surface area contributed by atoms with Crippen LogP contribution in [0.2, 0.25) is 0 Å². The van der Waals surface area contributed by atoms with E-state index in [1.165, 1.54) is 29.8 Å². The predicted octanol–water partition coefficient (Wildman–Crippen LogP) is 5.68. The molecule has 3 rings (SSSR count). The van der Waals surface area contributed by atoms with Crippen LogP contribution in [0, 0.1) is 0 Å². The standard InChI is InChI=1S/C15H18N2.2C2H6/c1-3-10-6-5-7-13-14(10)16-12(4-2)15(17-13)11-8-9-11;2*1-2/h5-7,11H,3-4,8-9H2,1-2H3;2*1-2H3. The Morgan fingerprint density at radius 2 is 1.62 bits per heavy atom. The lowest BCUT2D eigenvalue weighted by molar-refractivity contribution is 0.918. The summed E-state index contributed by atoms with van der Waals surface area (Å²) in [5, 5.41) is 0. The molecule has 0 radical (unpaired) electrons. The fourth-order valence-corrected chi connectivity index (χ4v) is 2.41. The number of nitrogens with zero attached hydrogens (tertiary/aromatic N) is 2. The Morgan fingerprint density at radius 3 is 2.14 bits per heavy atom. The molecule has 0 atom stereocenters. The smallest absolute Gasteiger partial charge is 0.0922 e. The molecule has 0 spiro atoms. The maximum absolute atomic E-state index is 4.86. The van der Waals surface area contributed by atoms with Crippen LogP contribution < -0.4 is 0 Å². The number of hydrogen-bond acceptors (Lipinski definition) is 2. The number of aromatic nitrogens is 2. The van der Waals surface area contributed by atoms with Crippen molar-refractivity contribution in [3.8, 4) is 0 Å². The number of hydrogen-bond donors (Lipinski definition) is 0. The third kappa shape index (κ3) is 4.03. The van der Waals surface area contributed by atoms with Crippen LogP contribution in [0.25, 0.3) is 11.0 Å². The van der Waals surface area contributed by atoms with Crippen molar-refractivity contribution in [2.75, 3.05) is 0 Å². The van der Waals surface area contributed by atoms with Crippen molar-refractivity contribution in [3.05, 3.63) is 35.2 Å². The third-order valence-electron chi connectivity index (χ3n) is 3.56. The van der Waals surface area contributed by atoms with E-state index in [9.17, 15) is 0 Å². The normalized spacial score (nSPS) is 13.0. The van der Waals surface area contributed by atoms with E-state index < -0.39 is 0 Å². The highest BCUT2D eigenvalue weighted by Gasteiger charge is 2.28. The summed E-state index contributed by atoms with van der Waals surface area (Å²) < 4.78 is 0. The maximum atomic E-state index is 4.86. The first-order valence-corrected chi connectivity index (χ1v) is 8.61. The Balaban J connectivity index is 0.000000510. The molecule has 0 amide bonds. The Kier molecular flexibility index (Phi) is 7.35. The SMILES string of the molecule is CC.CC.CCc1nc2c(CC)cccc2nc1C1CC1. The fourth-order valence-electron chi connectivity index (χ4n) is 2.41. The molecular weight excluding hydrogens is 256 g/mol. The highest BCUT2D eigenvalue weighted by molar-refractivity contribution is 5.78. The van der Waals surface area contributed by atoms with Crippen molar-refractivity contribution in [2.24, 2.45) is 0 Å². The number of benzene rings is 1. The lowest BCUT2D eigenvalue weighted by Crippen LogP contribution is -2.01. The van der Waals surface area contributed by atoms with E-state index in [1.807, 2.05) is 27.7 Å². The van der Waals surface area contributed by atoms with Gasteiger partial charge in [-0.2, -0.15) is 0 Å². The van der Waals surface area contributed by atoms with Gasteiger partial charge in [0.15, 0.2) is 0 Å². The van der Waals surface area contributed by atoms with Crippen LogP contribution in [-0.2, 0) is 12.8 Å². The van der Waals surface area contributed by atoms with E-state index >= 15 is 0 Å². The first-order chi connectivity index (χ1) is 10.3. The second-order valence-electron chi connectivity index (χ2n) is 4.82. The van der Waals surface area contributed by atoms with Crippen LogP contribution in [0.1, 0.15) is 77.3 Å². The zero-order chi connectivity index (χ0) is 15.8. The third-order valence-corrected chi connectivity index (χ3v) is 3.56. The van der Waals surface area contributed by atoms with E-state index in [0.29, 0.717) is 5.92 Å². The van der Waals surface area contributed by atoms with Crippen LogP contribution in [0.3, 0.4) is 0 Å². The molecule has 1 aromatic carbocycles. The summed E-state index contributed by atoms with van der Waals surface area (Å²) in [4.78, 5) is 9.72. The van der Waals surface area contributed by atoms with Gasteiger partial charge in [-0.15, -0.1) is 0 Å². The summed E-state index contributed by atoms with van der Waals surface area (Å²) in [5.41, 5.74) is 5.96. The van der Waals surface area contributed by atoms with Crippen molar-refractivity contribution in [2.45, 2.75) is 73.1 Å². The molecule has 1 aliphatic rings. The average molecular weight is 286 g/mol. The summed E-state index contributed by atoms with van der Waals surface area (Å²) in [6.07, 6.45) is 4.60. The Hall–Kier alpha value is -1.44. The van der Waals surface area contributed by atoms with Gasteiger partial charge in [-0.05, 0) is 37.3 Å². The van der Waals surface area contributed by atoms with Gasteiger partial charge in [0.1, 0.15) is 0 Å². The molecule has 1 aliphatic carbocycles. The van der Waals surface area contributed by atoms with E-state index in [0.717, 1.165) is 23.9 Å². The molecule has 2 nitrogen and oxygen atoms in total. The summed E-state index contributed by atoms with van der Waals surface area (Å²) in [7, 11) is 0. The van der Waals surface area contributed by atoms with Crippen LogP contribution >= 0.6 is 0 Å². The molecule has 0 bridgehead atoms. The molecular formula is C19H30N2. The van der Waals surface area contributed by atoms with Crippen molar-refractivity contribution < 1.29 is 0 Å². The average Bonchev–Trinajstić information content (AvgIpc) is 3.41. The molecule has 0 N–H and O–H groups in total. The number of rotatable bonds is 3. The molecule has 1 heterocycles. The molecule has 21 heavy (non-hydrogen) atoms. The van der Waals surface area contributed by atoms with Gasteiger partial charge in [-0.25, -0.2) is 9.97 Å². The number of para-hydroxylation sites is 1. The van der Waals surface area contributed by atoms with Crippen molar-refractivity contribution in [1.29, 1.82) is 0 Å². The van der Waals surface area contributed by atoms with Gasteiger partial charge in [-0.3, -0.25) is 0 Å². The summed E-state index contributed by atoms with van der Waals surface area (Å²) >= 11 is 0. The summed E-state index contributed by atoms with van der Waals surface area (Å²) in [5.74, 6) is 0.687. The monoisotopic (exact) mass is 286 g/mol. The Labute approximate surface area is 130 Å². The van der Waals surface area contributed by atoms with Crippen molar-refractivity contribution >= 4 is 11.0 Å². The first-order valence-electron chi connectivity index (χ1n) is 8.61. The second-order valence-corrected chi connectivity index (χ2v) is 4.82. The first kappa shape index (κ1) is 17.6.